The first-order valence-corrected chi connectivity index (χ1v) is 10.6. The van der Waals surface area contributed by atoms with Gasteiger partial charge in [0.05, 0.1) is 22.1 Å². The molecule has 8 nitrogen and oxygen atoms in total. The van der Waals surface area contributed by atoms with E-state index in [1.807, 2.05) is 0 Å². The molecular formula is C24H15ClFN3O5. The average Bonchev–Trinajstić information content (AvgIpc) is 3.04. The first kappa shape index (κ1) is 21.7. The van der Waals surface area contributed by atoms with Crippen molar-refractivity contribution in [2.75, 3.05) is 4.90 Å². The molecule has 0 aromatic heterocycles. The molecule has 3 amide bonds. The van der Waals surface area contributed by atoms with E-state index >= 15 is 0 Å². The number of rotatable bonds is 4. The molecule has 2 aliphatic heterocycles. The van der Waals surface area contributed by atoms with Crippen LogP contribution >= 0.6 is 11.6 Å². The molecule has 2 unspecified atom stereocenters. The van der Waals surface area contributed by atoms with Crippen LogP contribution in [-0.4, -0.2) is 33.6 Å². The lowest BCUT2D eigenvalue weighted by molar-refractivity contribution is -0.384. The van der Waals surface area contributed by atoms with Crippen LogP contribution in [0.2, 0.25) is 5.02 Å². The van der Waals surface area contributed by atoms with Crippen LogP contribution in [0.5, 0.6) is 0 Å². The second-order valence-corrected chi connectivity index (χ2v) is 8.41. The Balaban J connectivity index is 1.61. The van der Waals surface area contributed by atoms with Gasteiger partial charge >= 0.3 is 0 Å². The molecule has 3 aromatic rings. The molecule has 0 saturated carbocycles. The maximum absolute atomic E-state index is 14.1. The standard InChI is InChI=1S/C24H15ClFN3O5/c1-12-18(25)6-3-7-19(12)27-20(13-4-2-5-14(26)10-13)21(24(27)32)28-22(30)16-9-8-15(29(33)34)11-17(16)23(28)31/h2-11,20-21H,1H3. The number of carbonyl (C=O) groups excluding carboxylic acids is 3. The minimum absolute atomic E-state index is 0.0289. The summed E-state index contributed by atoms with van der Waals surface area (Å²) >= 11 is 6.25. The minimum atomic E-state index is -1.26. The summed E-state index contributed by atoms with van der Waals surface area (Å²) in [4.78, 5) is 52.4. The maximum atomic E-state index is 14.1. The third-order valence-corrected chi connectivity index (χ3v) is 6.56. The van der Waals surface area contributed by atoms with Crippen LogP contribution in [0.4, 0.5) is 15.8 Å². The number of hydrogen-bond acceptors (Lipinski definition) is 5. The van der Waals surface area contributed by atoms with Gasteiger partial charge in [-0.15, -0.1) is 0 Å². The summed E-state index contributed by atoms with van der Waals surface area (Å²) < 4.78 is 14.1. The number of carbonyl (C=O) groups is 3. The molecule has 0 bridgehead atoms. The maximum Gasteiger partial charge on any atom is 0.270 e. The van der Waals surface area contributed by atoms with E-state index in [2.05, 4.69) is 0 Å². The molecule has 0 aliphatic carbocycles. The zero-order chi connectivity index (χ0) is 24.3. The van der Waals surface area contributed by atoms with Crippen molar-refractivity contribution in [3.05, 3.63) is 104 Å². The summed E-state index contributed by atoms with van der Waals surface area (Å²) in [6, 6.07) is 11.8. The topological polar surface area (TPSA) is 101 Å². The zero-order valence-electron chi connectivity index (χ0n) is 17.6. The number of non-ortho nitro benzene ring substituents is 1. The van der Waals surface area contributed by atoms with E-state index in [1.165, 1.54) is 29.2 Å². The molecule has 34 heavy (non-hydrogen) atoms. The largest absolute Gasteiger partial charge is 0.300 e. The number of nitrogens with zero attached hydrogens (tertiary/aromatic N) is 3. The molecule has 1 saturated heterocycles. The Morgan fingerprint density at radius 3 is 2.32 bits per heavy atom. The quantitative estimate of drug-likeness (QED) is 0.238. The lowest BCUT2D eigenvalue weighted by Gasteiger charge is -2.50. The van der Waals surface area contributed by atoms with E-state index in [0.717, 1.165) is 17.0 Å². The summed E-state index contributed by atoms with van der Waals surface area (Å²) in [6.07, 6.45) is 0. The highest BCUT2D eigenvalue weighted by Crippen LogP contribution is 2.46. The Morgan fingerprint density at radius 1 is 0.912 bits per heavy atom. The molecule has 1 fully saturated rings. The van der Waals surface area contributed by atoms with Crippen LogP contribution in [0.1, 0.15) is 37.9 Å². The zero-order valence-corrected chi connectivity index (χ0v) is 18.3. The lowest BCUT2D eigenvalue weighted by Crippen LogP contribution is -2.67. The highest BCUT2D eigenvalue weighted by molar-refractivity contribution is 6.32. The fourth-order valence-electron chi connectivity index (χ4n) is 4.49. The van der Waals surface area contributed by atoms with Gasteiger partial charge < -0.3 is 4.90 Å². The number of nitro benzene ring substituents is 1. The predicted octanol–water partition coefficient (Wildman–Crippen LogP) is 4.45. The Bertz CT molecular complexity index is 1430. The number of amides is 3. The average molecular weight is 480 g/mol. The van der Waals surface area contributed by atoms with Crippen LogP contribution in [0.25, 0.3) is 0 Å². The highest BCUT2D eigenvalue weighted by Gasteiger charge is 2.57. The summed E-state index contributed by atoms with van der Waals surface area (Å²) in [5.74, 6) is -2.65. The smallest absolute Gasteiger partial charge is 0.270 e. The van der Waals surface area contributed by atoms with E-state index in [0.29, 0.717) is 21.8 Å². The van der Waals surface area contributed by atoms with E-state index in [-0.39, 0.29) is 16.8 Å². The van der Waals surface area contributed by atoms with E-state index in [4.69, 9.17) is 11.6 Å². The van der Waals surface area contributed by atoms with Gasteiger partial charge in [-0.1, -0.05) is 29.8 Å². The second-order valence-electron chi connectivity index (χ2n) is 8.00. The van der Waals surface area contributed by atoms with Crippen molar-refractivity contribution in [3.8, 4) is 0 Å². The van der Waals surface area contributed by atoms with Gasteiger partial charge in [-0.05, 0) is 48.4 Å². The van der Waals surface area contributed by atoms with E-state index in [1.54, 1.807) is 31.2 Å². The number of halogens is 2. The van der Waals surface area contributed by atoms with Crippen LogP contribution in [-0.2, 0) is 4.79 Å². The van der Waals surface area contributed by atoms with Crippen molar-refractivity contribution in [2.45, 2.75) is 19.0 Å². The molecule has 0 radical (unpaired) electrons. The van der Waals surface area contributed by atoms with Crippen LogP contribution in [0.15, 0.2) is 60.7 Å². The monoisotopic (exact) mass is 479 g/mol. The number of β-lactam (4-membered cyclic amide) rings is 1. The number of anilines is 1. The van der Waals surface area contributed by atoms with E-state index < -0.39 is 40.5 Å². The molecule has 2 heterocycles. The molecule has 0 N–H and O–H groups in total. The van der Waals surface area contributed by atoms with Crippen molar-refractivity contribution in [1.29, 1.82) is 0 Å². The summed E-state index contributed by atoms with van der Waals surface area (Å²) in [7, 11) is 0. The summed E-state index contributed by atoms with van der Waals surface area (Å²) in [5, 5.41) is 11.6. The Labute approximate surface area is 197 Å². The minimum Gasteiger partial charge on any atom is -0.300 e. The predicted molar refractivity (Wildman–Crippen MR) is 120 cm³/mol. The summed E-state index contributed by atoms with van der Waals surface area (Å²) in [5.41, 5.74) is 0.929. The number of benzene rings is 3. The second kappa shape index (κ2) is 7.74. The van der Waals surface area contributed by atoms with Crippen molar-refractivity contribution in [3.63, 3.8) is 0 Å². The summed E-state index contributed by atoms with van der Waals surface area (Å²) in [6.45, 7) is 1.72. The van der Waals surface area contributed by atoms with Crippen molar-refractivity contribution >= 4 is 40.7 Å². The molecule has 5 rings (SSSR count). The van der Waals surface area contributed by atoms with Gasteiger partial charge in [0.15, 0.2) is 0 Å². The van der Waals surface area contributed by atoms with Gasteiger partial charge in [-0.3, -0.25) is 29.4 Å². The first-order valence-electron chi connectivity index (χ1n) is 10.2. The van der Waals surface area contributed by atoms with Crippen LogP contribution in [0.3, 0.4) is 0 Å². The number of nitro groups is 1. The number of hydrogen-bond donors (Lipinski definition) is 0. The lowest BCUT2D eigenvalue weighted by atomic mass is 9.85. The van der Waals surface area contributed by atoms with Crippen molar-refractivity contribution < 1.29 is 23.7 Å². The molecule has 10 heteroatoms. The SMILES string of the molecule is Cc1c(Cl)cccc1N1C(=O)C(N2C(=O)c3ccc([N+](=O)[O-])cc3C2=O)C1c1cccc(F)c1. The third-order valence-electron chi connectivity index (χ3n) is 6.15. The molecule has 2 atom stereocenters. The highest BCUT2D eigenvalue weighted by atomic mass is 35.5. The number of imide groups is 1. The van der Waals surface area contributed by atoms with Gasteiger partial charge in [-0.25, -0.2) is 4.39 Å². The van der Waals surface area contributed by atoms with Gasteiger partial charge in [0.1, 0.15) is 11.9 Å². The van der Waals surface area contributed by atoms with Crippen molar-refractivity contribution in [2.24, 2.45) is 0 Å². The molecule has 2 aliphatic rings. The Morgan fingerprint density at radius 2 is 1.62 bits per heavy atom. The van der Waals surface area contributed by atoms with Gasteiger partial charge in [0, 0.05) is 22.8 Å². The van der Waals surface area contributed by atoms with Gasteiger partial charge in [0.25, 0.3) is 23.4 Å². The van der Waals surface area contributed by atoms with E-state index in [9.17, 15) is 28.9 Å². The van der Waals surface area contributed by atoms with Crippen molar-refractivity contribution in [1.82, 2.24) is 4.90 Å². The first-order chi connectivity index (χ1) is 16.2. The van der Waals surface area contributed by atoms with Gasteiger partial charge in [-0.2, -0.15) is 0 Å². The Kier molecular flexibility index (Phi) is 4.94. The molecule has 170 valence electrons. The van der Waals surface area contributed by atoms with Gasteiger partial charge in [0.2, 0.25) is 0 Å². The Hall–Kier alpha value is -4.11. The van der Waals surface area contributed by atoms with Crippen LogP contribution in [0, 0.1) is 22.9 Å². The molecule has 0 spiro atoms. The normalized spacial score (nSPS) is 19.3. The fraction of sp³-hybridized carbons (Fsp3) is 0.125. The van der Waals surface area contributed by atoms with Crippen LogP contribution < -0.4 is 4.90 Å². The molecular weight excluding hydrogens is 465 g/mol. The third kappa shape index (κ3) is 3.08. The molecule has 3 aromatic carbocycles. The number of fused-ring (bicyclic) bond motifs is 1. The fourth-order valence-corrected chi connectivity index (χ4v) is 4.66.